The number of carbonyl (C=O) groups excluding carboxylic acids is 1. The molecule has 1 aliphatic rings. The Morgan fingerprint density at radius 1 is 1.18 bits per heavy atom. The molecule has 1 atom stereocenters. The summed E-state index contributed by atoms with van der Waals surface area (Å²) >= 11 is 7.05. The molecule has 0 amide bonds. The molecule has 1 unspecified atom stereocenters. The number of rotatable bonds is 1. The summed E-state index contributed by atoms with van der Waals surface area (Å²) in [5, 5.41) is 0. The van der Waals surface area contributed by atoms with Crippen molar-refractivity contribution < 1.29 is 4.79 Å². The van der Waals surface area contributed by atoms with Gasteiger partial charge in [-0.2, -0.15) is 0 Å². The van der Waals surface area contributed by atoms with Crippen LogP contribution < -0.4 is 0 Å². The van der Waals surface area contributed by atoms with Crippen molar-refractivity contribution in [1.82, 2.24) is 0 Å². The third-order valence-electron chi connectivity index (χ3n) is 3.30. The summed E-state index contributed by atoms with van der Waals surface area (Å²) in [5.41, 5.74) is -0.258. The minimum absolute atomic E-state index is 0.00579. The minimum atomic E-state index is -0.264. The first-order valence-corrected chi connectivity index (χ1v) is 5.17. The fourth-order valence-corrected chi connectivity index (χ4v) is 3.78. The normalized spacial score (nSPS) is 38.4. The number of ketones is 1. The van der Waals surface area contributed by atoms with Crippen LogP contribution in [-0.2, 0) is 4.79 Å². The van der Waals surface area contributed by atoms with E-state index in [1.807, 2.05) is 6.92 Å². The van der Waals surface area contributed by atoms with Crippen molar-refractivity contribution in [3.63, 3.8) is 0 Å². The lowest BCUT2D eigenvalue weighted by atomic mass is 9.95. The molecule has 0 aliphatic heterocycles. The Morgan fingerprint density at radius 2 is 1.45 bits per heavy atom. The van der Waals surface area contributed by atoms with Gasteiger partial charge in [0, 0.05) is 5.41 Å². The maximum atomic E-state index is 11.3. The highest BCUT2D eigenvalue weighted by Crippen LogP contribution is 2.79. The van der Waals surface area contributed by atoms with Gasteiger partial charge in [-0.15, -0.1) is 0 Å². The van der Waals surface area contributed by atoms with E-state index in [9.17, 15) is 4.79 Å². The van der Waals surface area contributed by atoms with E-state index in [-0.39, 0.29) is 19.8 Å². The highest BCUT2D eigenvalue weighted by Gasteiger charge is 2.80. The van der Waals surface area contributed by atoms with Gasteiger partial charge in [-0.25, -0.2) is 0 Å². The average molecular weight is 284 g/mol. The van der Waals surface area contributed by atoms with Gasteiger partial charge < -0.3 is 0 Å². The van der Waals surface area contributed by atoms with E-state index >= 15 is 0 Å². The van der Waals surface area contributed by atoms with E-state index in [1.165, 1.54) is 0 Å². The van der Waals surface area contributed by atoms with E-state index < -0.39 is 0 Å². The number of Topliss-reactive ketones (excluding diaryl/α,β-unsaturated/α-hetero) is 1. The fourth-order valence-electron chi connectivity index (χ4n) is 1.63. The zero-order chi connectivity index (χ0) is 9.08. The third-order valence-corrected chi connectivity index (χ3v) is 6.87. The smallest absolute Gasteiger partial charge is 0.138 e. The van der Waals surface area contributed by atoms with E-state index in [1.54, 1.807) is 6.92 Å². The molecule has 0 saturated heterocycles. The van der Waals surface area contributed by atoms with Crippen LogP contribution in [0.1, 0.15) is 27.7 Å². The maximum absolute atomic E-state index is 11.3. The Bertz CT molecular complexity index is 204. The van der Waals surface area contributed by atoms with Gasteiger partial charge in [-0.1, -0.05) is 45.7 Å². The van der Waals surface area contributed by atoms with Crippen molar-refractivity contribution >= 4 is 37.6 Å². The van der Waals surface area contributed by atoms with Crippen molar-refractivity contribution in [3.8, 4) is 0 Å². The number of halogens is 2. The second kappa shape index (κ2) is 2.11. The van der Waals surface area contributed by atoms with Crippen LogP contribution >= 0.6 is 31.9 Å². The SMILES string of the molecule is CC(=O)C1(C)C(C)(C)C1(Br)Br. The maximum Gasteiger partial charge on any atom is 0.138 e. The second-order valence-corrected chi connectivity index (χ2v) is 7.32. The first-order valence-electron chi connectivity index (χ1n) is 3.58. The zero-order valence-electron chi connectivity index (χ0n) is 7.16. The molecule has 3 heteroatoms. The predicted molar refractivity (Wildman–Crippen MR) is 53.2 cm³/mol. The summed E-state index contributed by atoms with van der Waals surface area (Å²) in [6, 6.07) is 0. The van der Waals surface area contributed by atoms with Crippen LogP contribution in [0.5, 0.6) is 0 Å². The van der Waals surface area contributed by atoms with Crippen LogP contribution in [0.4, 0.5) is 0 Å². The molecule has 0 spiro atoms. The minimum Gasteiger partial charge on any atom is -0.299 e. The molecule has 1 rings (SSSR count). The van der Waals surface area contributed by atoms with Gasteiger partial charge in [0.15, 0.2) is 0 Å². The van der Waals surface area contributed by atoms with Gasteiger partial charge in [0.25, 0.3) is 0 Å². The molecule has 1 fully saturated rings. The van der Waals surface area contributed by atoms with Crippen LogP contribution in [-0.4, -0.2) is 9.02 Å². The Hall–Kier alpha value is 0.630. The van der Waals surface area contributed by atoms with E-state index in [0.717, 1.165) is 0 Å². The Labute approximate surface area is 84.2 Å². The molecule has 1 saturated carbocycles. The molecular weight excluding hydrogens is 272 g/mol. The summed E-state index contributed by atoms with van der Waals surface area (Å²) in [6.45, 7) is 7.79. The first kappa shape index (κ1) is 9.72. The highest BCUT2D eigenvalue weighted by molar-refractivity contribution is 9.25. The topological polar surface area (TPSA) is 17.1 Å². The molecule has 0 heterocycles. The molecule has 1 aliphatic carbocycles. The summed E-state index contributed by atoms with van der Waals surface area (Å²) in [5.74, 6) is 0.233. The Kier molecular flexibility index (Phi) is 1.86. The molecule has 11 heavy (non-hydrogen) atoms. The van der Waals surface area contributed by atoms with Crippen molar-refractivity contribution in [3.05, 3.63) is 0 Å². The van der Waals surface area contributed by atoms with Crippen molar-refractivity contribution in [2.75, 3.05) is 0 Å². The number of hydrogen-bond donors (Lipinski definition) is 0. The van der Waals surface area contributed by atoms with Crippen LogP contribution in [0.3, 0.4) is 0 Å². The molecule has 0 aromatic heterocycles. The predicted octanol–water partition coefficient (Wildman–Crippen LogP) is 3.11. The second-order valence-electron chi connectivity index (χ2n) is 3.88. The molecule has 0 N–H and O–H groups in total. The lowest BCUT2D eigenvalue weighted by Gasteiger charge is -2.07. The van der Waals surface area contributed by atoms with E-state index in [0.29, 0.717) is 0 Å². The lowest BCUT2D eigenvalue weighted by molar-refractivity contribution is -0.122. The van der Waals surface area contributed by atoms with Gasteiger partial charge in [0.05, 0.1) is 8.65 Å². The molecular formula is C8H12Br2O. The Balaban J connectivity index is 3.06. The highest BCUT2D eigenvalue weighted by atomic mass is 79.9. The quantitative estimate of drug-likeness (QED) is 0.676. The summed E-state index contributed by atoms with van der Waals surface area (Å²) in [4.78, 5) is 11.3. The van der Waals surface area contributed by atoms with Crippen molar-refractivity contribution in [2.45, 2.75) is 30.9 Å². The molecule has 0 aromatic carbocycles. The molecule has 1 nitrogen and oxygen atoms in total. The molecule has 0 aromatic rings. The monoisotopic (exact) mass is 282 g/mol. The summed E-state index contributed by atoms with van der Waals surface area (Å²) in [6.07, 6.45) is 0. The van der Waals surface area contributed by atoms with Crippen LogP contribution in [0, 0.1) is 10.8 Å². The van der Waals surface area contributed by atoms with Gasteiger partial charge >= 0.3 is 0 Å². The zero-order valence-corrected chi connectivity index (χ0v) is 10.3. The first-order chi connectivity index (χ1) is 4.69. The van der Waals surface area contributed by atoms with Crippen LogP contribution in [0.15, 0.2) is 0 Å². The Morgan fingerprint density at radius 3 is 1.45 bits per heavy atom. The van der Waals surface area contributed by atoms with Gasteiger partial charge in [0.2, 0.25) is 0 Å². The van der Waals surface area contributed by atoms with E-state index in [4.69, 9.17) is 0 Å². The molecule has 0 radical (unpaired) electrons. The molecule has 0 bridgehead atoms. The largest absolute Gasteiger partial charge is 0.299 e. The standard InChI is InChI=1S/C8H12Br2O/c1-5(11)7(4)6(2,3)8(7,9)10/h1-4H3. The van der Waals surface area contributed by atoms with Crippen LogP contribution in [0.25, 0.3) is 0 Å². The van der Waals surface area contributed by atoms with Crippen LogP contribution in [0.2, 0.25) is 0 Å². The van der Waals surface area contributed by atoms with Crippen molar-refractivity contribution in [2.24, 2.45) is 10.8 Å². The van der Waals surface area contributed by atoms with E-state index in [2.05, 4.69) is 45.7 Å². The van der Waals surface area contributed by atoms with Gasteiger partial charge in [-0.3, -0.25) is 4.79 Å². The van der Waals surface area contributed by atoms with Gasteiger partial charge in [-0.05, 0) is 13.8 Å². The van der Waals surface area contributed by atoms with Gasteiger partial charge in [0.1, 0.15) is 5.78 Å². The van der Waals surface area contributed by atoms with Crippen molar-refractivity contribution in [1.29, 1.82) is 0 Å². The third kappa shape index (κ3) is 0.791. The summed E-state index contributed by atoms with van der Waals surface area (Å²) in [7, 11) is 0. The fraction of sp³-hybridized carbons (Fsp3) is 0.875. The average Bonchev–Trinajstić information content (AvgIpc) is 2.11. The number of alkyl halides is 2. The number of carbonyl (C=O) groups is 1. The lowest BCUT2D eigenvalue weighted by Crippen LogP contribution is -2.15. The number of hydrogen-bond acceptors (Lipinski definition) is 1. The summed E-state index contributed by atoms with van der Waals surface area (Å²) < 4.78 is -0.203. The molecule has 64 valence electrons.